The summed E-state index contributed by atoms with van der Waals surface area (Å²) in [5, 5.41) is 10.5. The number of fused-ring (bicyclic) bond motifs is 1. The van der Waals surface area contributed by atoms with Crippen molar-refractivity contribution in [3.05, 3.63) is 54.1 Å². The molecule has 0 aliphatic carbocycles. The summed E-state index contributed by atoms with van der Waals surface area (Å²) < 4.78 is 6.50. The Labute approximate surface area is 190 Å². The minimum atomic E-state index is -0.179. The third kappa shape index (κ3) is 4.57. The number of imidazole rings is 1. The van der Waals surface area contributed by atoms with E-state index in [1.807, 2.05) is 36.4 Å². The summed E-state index contributed by atoms with van der Waals surface area (Å²) >= 11 is 0. The molecule has 1 aliphatic heterocycles. The van der Waals surface area contributed by atoms with E-state index in [0.717, 1.165) is 49.4 Å². The predicted octanol–water partition coefficient (Wildman–Crippen LogP) is 2.05. The van der Waals surface area contributed by atoms with Gasteiger partial charge in [-0.15, -0.1) is 0 Å². The van der Waals surface area contributed by atoms with E-state index in [0.29, 0.717) is 11.5 Å². The van der Waals surface area contributed by atoms with Crippen LogP contribution in [0, 0.1) is 0 Å². The van der Waals surface area contributed by atoms with Gasteiger partial charge in [0.2, 0.25) is 5.91 Å². The van der Waals surface area contributed by atoms with Crippen molar-refractivity contribution in [3.63, 3.8) is 0 Å². The summed E-state index contributed by atoms with van der Waals surface area (Å²) in [4.78, 5) is 22.3. The van der Waals surface area contributed by atoms with Crippen molar-refractivity contribution in [1.29, 1.82) is 0 Å². The van der Waals surface area contributed by atoms with Crippen molar-refractivity contribution < 1.29 is 9.42 Å². The van der Waals surface area contributed by atoms with Gasteiger partial charge in [-0.25, -0.2) is 9.61 Å². The van der Waals surface area contributed by atoms with Crippen LogP contribution in [0.5, 0.6) is 0 Å². The lowest BCUT2D eigenvalue weighted by molar-refractivity contribution is -0.116. The van der Waals surface area contributed by atoms with Gasteiger partial charge in [0.15, 0.2) is 17.3 Å². The highest BCUT2D eigenvalue weighted by molar-refractivity contribution is 5.92. The van der Waals surface area contributed by atoms with Crippen LogP contribution in [0.4, 0.5) is 11.5 Å². The van der Waals surface area contributed by atoms with E-state index >= 15 is 0 Å². The lowest BCUT2D eigenvalue weighted by Crippen LogP contribution is -2.43. The van der Waals surface area contributed by atoms with E-state index in [2.05, 4.69) is 49.6 Å². The molecule has 170 valence electrons. The zero-order valence-corrected chi connectivity index (χ0v) is 18.4. The van der Waals surface area contributed by atoms with Crippen molar-refractivity contribution in [3.8, 4) is 11.5 Å². The number of hydrogen-bond acceptors (Lipinski definition) is 8. The van der Waals surface area contributed by atoms with Crippen LogP contribution in [0.15, 0.2) is 53.2 Å². The van der Waals surface area contributed by atoms with E-state index in [1.165, 1.54) is 5.56 Å². The number of carbonyl (C=O) groups is 1. The second kappa shape index (κ2) is 9.00. The fourth-order valence-corrected chi connectivity index (χ4v) is 4.07. The molecule has 0 bridgehead atoms. The number of hydrogen-bond donors (Lipinski definition) is 2. The summed E-state index contributed by atoms with van der Waals surface area (Å²) in [6.07, 6.45) is 0. The molecule has 3 heterocycles. The largest absolute Gasteiger partial charge is 0.379 e. The van der Waals surface area contributed by atoms with E-state index in [9.17, 15) is 4.79 Å². The molecule has 33 heavy (non-hydrogen) atoms. The standard InChI is InChI=1S/C23H26N8O2/c1-29-10-12-30(13-11-29)14-16-6-8-17(9-7-16)25-20(32)15-31-19-5-3-2-4-18(19)26-23(31)21-22(24)28-33-27-21/h2-9H,10-15H2,1H3,(H2,24,28)(H,25,32). The summed E-state index contributed by atoms with van der Waals surface area (Å²) in [7, 11) is 2.15. The molecule has 0 spiro atoms. The first kappa shape index (κ1) is 21.1. The molecule has 5 rings (SSSR count). The van der Waals surface area contributed by atoms with Gasteiger partial charge in [0.05, 0.1) is 11.0 Å². The summed E-state index contributed by atoms with van der Waals surface area (Å²) in [6.45, 7) is 5.29. The lowest BCUT2D eigenvalue weighted by atomic mass is 10.2. The van der Waals surface area contributed by atoms with Gasteiger partial charge in [0, 0.05) is 38.4 Å². The molecule has 2 aromatic heterocycles. The molecule has 3 N–H and O–H groups in total. The van der Waals surface area contributed by atoms with Crippen LogP contribution < -0.4 is 11.1 Å². The Hall–Kier alpha value is -3.76. The summed E-state index contributed by atoms with van der Waals surface area (Å²) in [6, 6.07) is 15.6. The number of likely N-dealkylation sites (N-methyl/N-ethyl adjacent to an activating group) is 1. The van der Waals surface area contributed by atoms with Gasteiger partial charge in [0.1, 0.15) is 6.54 Å². The third-order valence-corrected chi connectivity index (χ3v) is 5.92. The predicted molar refractivity (Wildman–Crippen MR) is 125 cm³/mol. The number of nitrogens with two attached hydrogens (primary N) is 1. The van der Waals surface area contributed by atoms with Crippen LogP contribution in [0.2, 0.25) is 0 Å². The maximum absolute atomic E-state index is 12.9. The first-order valence-corrected chi connectivity index (χ1v) is 10.9. The molecule has 1 amide bonds. The Bertz CT molecular complexity index is 1260. The molecule has 0 atom stereocenters. The SMILES string of the molecule is CN1CCN(Cc2ccc(NC(=O)Cn3c(-c4nonc4N)nc4ccccc43)cc2)CC1. The first-order valence-electron chi connectivity index (χ1n) is 10.9. The molecule has 0 unspecified atom stereocenters. The Morgan fingerprint density at radius 1 is 1.06 bits per heavy atom. The number of carbonyl (C=O) groups excluding carboxylic acids is 1. The number of rotatable bonds is 6. The molecule has 1 aliphatic rings. The molecule has 10 heteroatoms. The van der Waals surface area contributed by atoms with Crippen LogP contribution in [-0.4, -0.2) is 68.8 Å². The number of amides is 1. The molecular formula is C23H26N8O2. The van der Waals surface area contributed by atoms with Gasteiger partial charge < -0.3 is 20.5 Å². The monoisotopic (exact) mass is 446 g/mol. The highest BCUT2D eigenvalue weighted by Gasteiger charge is 2.20. The van der Waals surface area contributed by atoms with Crippen LogP contribution in [0.3, 0.4) is 0 Å². The highest BCUT2D eigenvalue weighted by Crippen LogP contribution is 2.26. The van der Waals surface area contributed by atoms with Crippen LogP contribution in [0.25, 0.3) is 22.6 Å². The smallest absolute Gasteiger partial charge is 0.244 e. The third-order valence-electron chi connectivity index (χ3n) is 5.92. The number of nitrogens with zero attached hydrogens (tertiary/aromatic N) is 6. The van der Waals surface area contributed by atoms with Crippen molar-refractivity contribution in [1.82, 2.24) is 29.7 Å². The van der Waals surface area contributed by atoms with Gasteiger partial charge in [0.25, 0.3) is 0 Å². The Morgan fingerprint density at radius 2 is 1.82 bits per heavy atom. The maximum atomic E-state index is 12.9. The number of para-hydroxylation sites is 2. The normalized spacial score (nSPS) is 15.2. The highest BCUT2D eigenvalue weighted by atomic mass is 16.6. The first-order chi connectivity index (χ1) is 16.1. The van der Waals surface area contributed by atoms with Crippen molar-refractivity contribution >= 4 is 28.4 Å². The van der Waals surface area contributed by atoms with Crippen molar-refractivity contribution in [2.24, 2.45) is 0 Å². The molecular weight excluding hydrogens is 420 g/mol. The Kier molecular flexibility index (Phi) is 5.76. The van der Waals surface area contributed by atoms with Gasteiger partial charge in [-0.2, -0.15) is 0 Å². The van der Waals surface area contributed by atoms with Gasteiger partial charge in [-0.1, -0.05) is 24.3 Å². The molecule has 1 saturated heterocycles. The molecule has 0 saturated carbocycles. The van der Waals surface area contributed by atoms with Crippen LogP contribution in [0.1, 0.15) is 5.56 Å². The molecule has 0 radical (unpaired) electrons. The zero-order chi connectivity index (χ0) is 22.8. The van der Waals surface area contributed by atoms with E-state index in [-0.39, 0.29) is 18.3 Å². The van der Waals surface area contributed by atoms with Crippen molar-refractivity contribution in [2.45, 2.75) is 13.1 Å². The molecule has 1 fully saturated rings. The minimum Gasteiger partial charge on any atom is -0.379 e. The summed E-state index contributed by atoms with van der Waals surface area (Å²) in [5.74, 6) is 0.386. The average Bonchev–Trinajstić information content (AvgIpc) is 3.40. The number of nitrogen functional groups attached to an aromatic ring is 1. The topological polar surface area (TPSA) is 118 Å². The zero-order valence-electron chi connectivity index (χ0n) is 18.4. The minimum absolute atomic E-state index is 0.0468. The van der Waals surface area contributed by atoms with Crippen molar-refractivity contribution in [2.75, 3.05) is 44.3 Å². The Morgan fingerprint density at radius 3 is 2.55 bits per heavy atom. The number of nitrogens with one attached hydrogen (secondary N) is 1. The van der Waals surface area contributed by atoms with Crippen LogP contribution in [-0.2, 0) is 17.9 Å². The maximum Gasteiger partial charge on any atom is 0.244 e. The van der Waals surface area contributed by atoms with E-state index < -0.39 is 0 Å². The fourth-order valence-electron chi connectivity index (χ4n) is 4.07. The fraction of sp³-hybridized carbons (Fsp3) is 0.304. The summed E-state index contributed by atoms with van der Waals surface area (Å²) in [5.41, 5.74) is 9.70. The average molecular weight is 447 g/mol. The van der Waals surface area contributed by atoms with Crippen LogP contribution >= 0.6 is 0 Å². The number of aromatic nitrogens is 4. The second-order valence-corrected chi connectivity index (χ2v) is 8.33. The second-order valence-electron chi connectivity index (χ2n) is 8.33. The Balaban J connectivity index is 1.29. The number of anilines is 2. The van der Waals surface area contributed by atoms with Gasteiger partial charge in [-0.3, -0.25) is 9.69 Å². The molecule has 4 aromatic rings. The van der Waals surface area contributed by atoms with E-state index in [4.69, 9.17) is 10.4 Å². The molecule has 2 aromatic carbocycles. The van der Waals surface area contributed by atoms with E-state index in [1.54, 1.807) is 4.57 Å². The number of benzene rings is 2. The number of piperazine rings is 1. The lowest BCUT2D eigenvalue weighted by Gasteiger charge is -2.32. The van der Waals surface area contributed by atoms with Gasteiger partial charge >= 0.3 is 0 Å². The molecule has 10 nitrogen and oxygen atoms in total. The van der Waals surface area contributed by atoms with Gasteiger partial charge in [-0.05, 0) is 47.2 Å². The quantitative estimate of drug-likeness (QED) is 0.462.